The molecule has 246 valence electrons. The fourth-order valence-electron chi connectivity index (χ4n) is 4.28. The van der Waals surface area contributed by atoms with Crippen molar-refractivity contribution in [2.24, 2.45) is 11.8 Å². The van der Waals surface area contributed by atoms with Gasteiger partial charge in [0.15, 0.2) is 23.1 Å². The molecule has 1 aliphatic heterocycles. The lowest BCUT2D eigenvalue weighted by atomic mass is 9.83. The number of Topliss-reactive ketones (excluding diaryl/α,β-unsaturated/α-hetero) is 4. The van der Waals surface area contributed by atoms with Crippen LogP contribution in [-0.2, 0) is 18.9 Å². The van der Waals surface area contributed by atoms with Gasteiger partial charge in [0.1, 0.15) is 6.10 Å². The van der Waals surface area contributed by atoms with Gasteiger partial charge in [-0.3, -0.25) is 19.2 Å². The molecule has 1 saturated heterocycles. The molecule has 2 aromatic rings. The van der Waals surface area contributed by atoms with Crippen LogP contribution < -0.4 is 0 Å². The van der Waals surface area contributed by atoms with E-state index in [4.69, 9.17) is 18.9 Å². The van der Waals surface area contributed by atoms with Crippen molar-refractivity contribution in [3.63, 3.8) is 0 Å². The molecule has 2 aliphatic rings. The summed E-state index contributed by atoms with van der Waals surface area (Å²) in [5.41, 5.74) is 2.45. The molecule has 4 rings (SSSR count). The summed E-state index contributed by atoms with van der Waals surface area (Å²) in [6.07, 6.45) is 5.71. The van der Waals surface area contributed by atoms with Gasteiger partial charge in [0.05, 0.1) is 13.2 Å². The Kier molecular flexibility index (Phi) is 22.6. The highest BCUT2D eigenvalue weighted by molar-refractivity contribution is 5.99. The fraction of sp³-hybridized carbons (Fsp3) is 0.556. The third-order valence-electron chi connectivity index (χ3n) is 6.90. The van der Waals surface area contributed by atoms with Crippen molar-refractivity contribution in [3.05, 3.63) is 70.8 Å². The number of carbonyl (C=O) groups is 4. The van der Waals surface area contributed by atoms with Crippen molar-refractivity contribution in [1.82, 2.24) is 0 Å². The smallest absolute Gasteiger partial charge is 0.159 e. The minimum atomic E-state index is -0.0156. The molecule has 0 aromatic heterocycles. The summed E-state index contributed by atoms with van der Waals surface area (Å²) in [5.74, 6) is 1.62. The predicted octanol–water partition coefficient (Wildman–Crippen LogP) is 7.33. The van der Waals surface area contributed by atoms with Crippen molar-refractivity contribution in [1.29, 1.82) is 0 Å². The first-order valence-corrected chi connectivity index (χ1v) is 15.3. The number of carbonyl (C=O) groups excluding carboxylic acids is 4. The lowest BCUT2D eigenvalue weighted by Gasteiger charge is -2.27. The Hall–Kier alpha value is -3.04. The predicted molar refractivity (Wildman–Crippen MR) is 175 cm³/mol. The molecule has 1 atom stereocenters. The Morgan fingerprint density at radius 1 is 0.591 bits per heavy atom. The molecular formula is C36H54O8. The zero-order valence-electron chi connectivity index (χ0n) is 28.3. The van der Waals surface area contributed by atoms with Crippen LogP contribution in [0.5, 0.6) is 0 Å². The maximum absolute atomic E-state index is 10.9. The maximum Gasteiger partial charge on any atom is 0.159 e. The fourth-order valence-corrected chi connectivity index (χ4v) is 4.28. The minimum Gasteiger partial charge on any atom is -0.384 e. The Labute approximate surface area is 264 Å². The molecule has 0 radical (unpaired) electrons. The number of ketones is 4. The topological polar surface area (TPSA) is 109 Å². The molecule has 8 nitrogen and oxygen atoms in total. The summed E-state index contributed by atoms with van der Waals surface area (Å²) >= 11 is 0. The number of epoxide rings is 1. The Bertz CT molecular complexity index is 1020. The molecule has 2 aromatic carbocycles. The number of hydrogen-bond acceptors (Lipinski definition) is 8. The third kappa shape index (κ3) is 18.6. The van der Waals surface area contributed by atoms with Crippen LogP contribution in [0.3, 0.4) is 0 Å². The van der Waals surface area contributed by atoms with Crippen LogP contribution in [0.4, 0.5) is 0 Å². The zero-order valence-corrected chi connectivity index (χ0v) is 28.3. The van der Waals surface area contributed by atoms with Gasteiger partial charge in [-0.2, -0.15) is 0 Å². The van der Waals surface area contributed by atoms with Gasteiger partial charge in [-0.15, -0.1) is 0 Å². The molecule has 1 unspecified atom stereocenters. The number of hydrogen-bond donors (Lipinski definition) is 0. The number of ether oxygens (including phenoxy) is 4. The standard InChI is InChI=1S/C10H20O2.2C10H10O2.C4H8O2.C2H6/c1-11-7-9-3-5-10(6-4-9)8-12-2;1-7(11)9-3-5-10(6-4-9)8(2)12;1-7(11)9-4-3-5-10(6-9)8(2)12;1-5-2-4-3-6-4;1-2/h9-10H,3-8H2,1-2H3;2*3-6H,1-2H3;4H,2-3H2,1H3;1-2H3. The summed E-state index contributed by atoms with van der Waals surface area (Å²) in [6.45, 7) is 13.5. The van der Waals surface area contributed by atoms with E-state index >= 15 is 0 Å². The molecule has 1 heterocycles. The first-order chi connectivity index (χ1) is 21.0. The zero-order chi connectivity index (χ0) is 33.5. The second kappa shape index (κ2) is 24.3. The molecule has 44 heavy (non-hydrogen) atoms. The highest BCUT2D eigenvalue weighted by Gasteiger charge is 2.21. The summed E-state index contributed by atoms with van der Waals surface area (Å²) in [6, 6.07) is 13.4. The molecular weight excluding hydrogens is 560 g/mol. The molecule has 0 spiro atoms. The normalized spacial score (nSPS) is 17.8. The second-order valence-corrected chi connectivity index (χ2v) is 10.6. The van der Waals surface area contributed by atoms with Crippen molar-refractivity contribution in [2.75, 3.05) is 47.8 Å². The molecule has 8 heteroatoms. The second-order valence-electron chi connectivity index (χ2n) is 10.6. The highest BCUT2D eigenvalue weighted by Crippen LogP contribution is 2.28. The van der Waals surface area contributed by atoms with Crippen LogP contribution in [-0.4, -0.2) is 77.0 Å². The lowest BCUT2D eigenvalue weighted by molar-refractivity contribution is 0.0862. The van der Waals surface area contributed by atoms with Crippen LogP contribution in [0.25, 0.3) is 0 Å². The average Bonchev–Trinajstić information content (AvgIpc) is 3.85. The molecule has 0 amide bonds. The van der Waals surface area contributed by atoms with Gasteiger partial charge >= 0.3 is 0 Å². The largest absolute Gasteiger partial charge is 0.384 e. The molecule has 1 aliphatic carbocycles. The van der Waals surface area contributed by atoms with Crippen molar-refractivity contribution >= 4 is 23.1 Å². The number of methoxy groups -OCH3 is 3. The molecule has 0 N–H and O–H groups in total. The van der Waals surface area contributed by atoms with Gasteiger partial charge in [-0.05, 0) is 71.3 Å². The first-order valence-electron chi connectivity index (χ1n) is 15.3. The van der Waals surface area contributed by atoms with E-state index < -0.39 is 0 Å². The molecule has 0 bridgehead atoms. The summed E-state index contributed by atoms with van der Waals surface area (Å²) in [5, 5.41) is 0. The van der Waals surface area contributed by atoms with E-state index in [1.54, 1.807) is 69.9 Å². The molecule has 1 saturated carbocycles. The Morgan fingerprint density at radius 3 is 1.14 bits per heavy atom. The average molecular weight is 615 g/mol. The van der Waals surface area contributed by atoms with Crippen molar-refractivity contribution < 1.29 is 38.1 Å². The van der Waals surface area contributed by atoms with Crippen LogP contribution in [0.1, 0.15) is 109 Å². The molecule has 2 fully saturated rings. The van der Waals surface area contributed by atoms with Gasteiger partial charge < -0.3 is 18.9 Å². The van der Waals surface area contributed by atoms with Crippen LogP contribution in [0, 0.1) is 11.8 Å². The van der Waals surface area contributed by atoms with E-state index in [9.17, 15) is 19.2 Å². The van der Waals surface area contributed by atoms with Crippen molar-refractivity contribution in [2.45, 2.75) is 73.3 Å². The Morgan fingerprint density at radius 2 is 0.909 bits per heavy atom. The van der Waals surface area contributed by atoms with Crippen LogP contribution in [0.2, 0.25) is 0 Å². The third-order valence-corrected chi connectivity index (χ3v) is 6.90. The van der Waals surface area contributed by atoms with E-state index in [-0.39, 0.29) is 23.1 Å². The van der Waals surface area contributed by atoms with Gasteiger partial charge in [-0.1, -0.05) is 56.3 Å². The first kappa shape index (κ1) is 41.0. The van der Waals surface area contributed by atoms with E-state index in [0.717, 1.165) is 38.3 Å². The van der Waals surface area contributed by atoms with Gasteiger partial charge in [0.2, 0.25) is 0 Å². The van der Waals surface area contributed by atoms with E-state index in [0.29, 0.717) is 28.4 Å². The van der Waals surface area contributed by atoms with E-state index in [1.807, 2.05) is 13.8 Å². The van der Waals surface area contributed by atoms with E-state index in [1.165, 1.54) is 53.4 Å². The van der Waals surface area contributed by atoms with Crippen LogP contribution in [0.15, 0.2) is 48.5 Å². The highest BCUT2D eigenvalue weighted by atomic mass is 16.6. The maximum atomic E-state index is 10.9. The van der Waals surface area contributed by atoms with Gasteiger partial charge in [-0.25, -0.2) is 0 Å². The lowest BCUT2D eigenvalue weighted by Crippen LogP contribution is -2.20. The van der Waals surface area contributed by atoms with Crippen LogP contribution >= 0.6 is 0 Å². The minimum absolute atomic E-state index is 0.0156. The Balaban J connectivity index is 0.000000562. The summed E-state index contributed by atoms with van der Waals surface area (Å²) in [4.78, 5) is 43.5. The van der Waals surface area contributed by atoms with Gasteiger partial charge in [0.25, 0.3) is 0 Å². The summed E-state index contributed by atoms with van der Waals surface area (Å²) < 4.78 is 19.9. The monoisotopic (exact) mass is 614 g/mol. The number of rotatable bonds is 10. The van der Waals surface area contributed by atoms with Crippen molar-refractivity contribution in [3.8, 4) is 0 Å². The van der Waals surface area contributed by atoms with Gasteiger partial charge in [0, 0.05) is 56.8 Å². The van der Waals surface area contributed by atoms with E-state index in [2.05, 4.69) is 0 Å². The number of benzene rings is 2. The summed E-state index contributed by atoms with van der Waals surface area (Å²) in [7, 11) is 5.27. The quantitative estimate of drug-likeness (QED) is 0.202. The SMILES string of the molecule is CC.CC(=O)c1ccc(C(C)=O)cc1.CC(=O)c1cccc(C(C)=O)c1.COCC1CCC(COC)CC1.COCC1CO1.